The highest BCUT2D eigenvalue weighted by Gasteiger charge is 2.20. The summed E-state index contributed by atoms with van der Waals surface area (Å²) in [4.78, 5) is 4.18. The van der Waals surface area contributed by atoms with Crippen LogP contribution in [0.4, 0.5) is 0 Å². The highest BCUT2D eigenvalue weighted by atomic mass is 16.2. The van der Waals surface area contributed by atoms with Gasteiger partial charge in [-0.2, -0.15) is 0 Å². The normalized spacial score (nSPS) is 25.2. The molecule has 2 rings (SSSR count). The van der Waals surface area contributed by atoms with Crippen molar-refractivity contribution in [2.75, 3.05) is 39.3 Å². The summed E-state index contributed by atoms with van der Waals surface area (Å²) in [6.07, 6.45) is 2.22. The standard InChI is InChI=1S/C10H18N4O2/c15-7-9-11-1-3-13(9)5-6-14-4-2-12-10(14)8-16/h7-8,11-12,15-16H,1-6H2. The lowest BCUT2D eigenvalue weighted by Gasteiger charge is -2.23. The van der Waals surface area contributed by atoms with Crippen LogP contribution in [0.25, 0.3) is 0 Å². The second kappa shape index (κ2) is 4.87. The van der Waals surface area contributed by atoms with Crippen LogP contribution < -0.4 is 10.6 Å². The molecule has 2 aliphatic heterocycles. The third-order valence-corrected chi connectivity index (χ3v) is 2.94. The van der Waals surface area contributed by atoms with Gasteiger partial charge in [0.2, 0.25) is 0 Å². The molecule has 90 valence electrons. The Balaban J connectivity index is 1.83. The Labute approximate surface area is 94.8 Å². The first-order valence-corrected chi connectivity index (χ1v) is 5.51. The molecule has 0 spiro atoms. The summed E-state index contributed by atoms with van der Waals surface area (Å²) in [5.41, 5.74) is 0. The zero-order valence-corrected chi connectivity index (χ0v) is 9.19. The number of nitrogens with zero attached hydrogens (tertiary/aromatic N) is 2. The molecule has 2 heterocycles. The maximum Gasteiger partial charge on any atom is 0.137 e. The van der Waals surface area contributed by atoms with Crippen LogP contribution in [0.1, 0.15) is 0 Å². The summed E-state index contributed by atoms with van der Waals surface area (Å²) in [7, 11) is 0. The van der Waals surface area contributed by atoms with Crippen LogP contribution >= 0.6 is 0 Å². The minimum atomic E-state index is 0.779. The van der Waals surface area contributed by atoms with Crippen molar-refractivity contribution < 1.29 is 10.2 Å². The van der Waals surface area contributed by atoms with Crippen molar-refractivity contribution in [1.82, 2.24) is 20.4 Å². The maximum absolute atomic E-state index is 8.98. The van der Waals surface area contributed by atoms with Gasteiger partial charge in [-0.05, 0) is 0 Å². The minimum absolute atomic E-state index is 0.779. The molecule has 0 radical (unpaired) electrons. The predicted octanol–water partition coefficient (Wildman–Crippen LogP) is -0.489. The topological polar surface area (TPSA) is 71.0 Å². The zero-order valence-electron chi connectivity index (χ0n) is 9.19. The van der Waals surface area contributed by atoms with Crippen molar-refractivity contribution in [1.29, 1.82) is 0 Å². The molecule has 0 unspecified atom stereocenters. The fraction of sp³-hybridized carbons (Fsp3) is 0.600. The van der Waals surface area contributed by atoms with E-state index in [0.717, 1.165) is 63.4 Å². The van der Waals surface area contributed by atoms with Gasteiger partial charge in [0.05, 0.1) is 0 Å². The van der Waals surface area contributed by atoms with Crippen molar-refractivity contribution >= 4 is 0 Å². The minimum Gasteiger partial charge on any atom is -0.512 e. The van der Waals surface area contributed by atoms with E-state index in [1.165, 1.54) is 0 Å². The van der Waals surface area contributed by atoms with Gasteiger partial charge in [0, 0.05) is 39.3 Å². The van der Waals surface area contributed by atoms with E-state index in [1.807, 2.05) is 0 Å². The van der Waals surface area contributed by atoms with E-state index in [1.54, 1.807) is 0 Å². The molecule has 0 aromatic carbocycles. The maximum atomic E-state index is 8.98. The van der Waals surface area contributed by atoms with Gasteiger partial charge in [0.1, 0.15) is 24.2 Å². The van der Waals surface area contributed by atoms with Crippen LogP contribution in [0.5, 0.6) is 0 Å². The van der Waals surface area contributed by atoms with E-state index in [2.05, 4.69) is 20.4 Å². The Morgan fingerprint density at radius 1 is 0.938 bits per heavy atom. The summed E-state index contributed by atoms with van der Waals surface area (Å²) in [6, 6.07) is 0. The lowest BCUT2D eigenvalue weighted by Crippen LogP contribution is -2.32. The lowest BCUT2D eigenvalue weighted by molar-refractivity contribution is 0.294. The van der Waals surface area contributed by atoms with E-state index < -0.39 is 0 Å². The molecule has 4 N–H and O–H groups in total. The number of aliphatic hydroxyl groups is 2. The van der Waals surface area contributed by atoms with E-state index in [9.17, 15) is 0 Å². The van der Waals surface area contributed by atoms with Gasteiger partial charge in [0.15, 0.2) is 0 Å². The average Bonchev–Trinajstić information content (AvgIpc) is 2.94. The van der Waals surface area contributed by atoms with Crippen LogP contribution in [0, 0.1) is 0 Å². The van der Waals surface area contributed by atoms with E-state index in [4.69, 9.17) is 10.2 Å². The Bertz CT molecular complexity index is 273. The second-order valence-electron chi connectivity index (χ2n) is 3.86. The van der Waals surface area contributed by atoms with Crippen molar-refractivity contribution in [3.8, 4) is 0 Å². The van der Waals surface area contributed by atoms with Gasteiger partial charge in [-0.3, -0.25) is 0 Å². The van der Waals surface area contributed by atoms with Crippen molar-refractivity contribution in [2.45, 2.75) is 0 Å². The third-order valence-electron chi connectivity index (χ3n) is 2.94. The quantitative estimate of drug-likeness (QED) is 0.487. The monoisotopic (exact) mass is 226 g/mol. The summed E-state index contributed by atoms with van der Waals surface area (Å²) in [6.45, 7) is 5.22. The molecule has 0 saturated carbocycles. The first kappa shape index (κ1) is 10.8. The van der Waals surface area contributed by atoms with E-state index in [-0.39, 0.29) is 0 Å². The van der Waals surface area contributed by atoms with Gasteiger partial charge < -0.3 is 30.6 Å². The van der Waals surface area contributed by atoms with Crippen LogP contribution in [-0.4, -0.2) is 59.3 Å². The van der Waals surface area contributed by atoms with Gasteiger partial charge >= 0.3 is 0 Å². The smallest absolute Gasteiger partial charge is 0.137 e. The second-order valence-corrected chi connectivity index (χ2v) is 3.86. The molecular weight excluding hydrogens is 208 g/mol. The summed E-state index contributed by atoms with van der Waals surface area (Å²) in [5.74, 6) is 1.56. The van der Waals surface area contributed by atoms with Crippen LogP contribution in [0.2, 0.25) is 0 Å². The van der Waals surface area contributed by atoms with Gasteiger partial charge in [-0.15, -0.1) is 0 Å². The van der Waals surface area contributed by atoms with Gasteiger partial charge in [-0.25, -0.2) is 0 Å². The fourth-order valence-electron chi connectivity index (χ4n) is 2.06. The molecule has 2 aliphatic rings. The Hall–Kier alpha value is -1.72. The summed E-state index contributed by atoms with van der Waals surface area (Å²) >= 11 is 0. The van der Waals surface area contributed by atoms with Crippen LogP contribution in [-0.2, 0) is 0 Å². The fourth-order valence-corrected chi connectivity index (χ4v) is 2.06. The summed E-state index contributed by atoms with van der Waals surface area (Å²) in [5, 5.41) is 24.2. The van der Waals surface area contributed by atoms with Crippen molar-refractivity contribution in [2.24, 2.45) is 0 Å². The van der Waals surface area contributed by atoms with Crippen LogP contribution in [0.3, 0.4) is 0 Å². The Kier molecular flexibility index (Phi) is 3.28. The third kappa shape index (κ3) is 2.10. The van der Waals surface area contributed by atoms with Gasteiger partial charge in [-0.1, -0.05) is 0 Å². The molecule has 0 amide bonds. The molecule has 0 aliphatic carbocycles. The lowest BCUT2D eigenvalue weighted by atomic mass is 10.4. The zero-order chi connectivity index (χ0) is 11.4. The molecule has 6 nitrogen and oxygen atoms in total. The number of rotatable bonds is 3. The Morgan fingerprint density at radius 3 is 1.75 bits per heavy atom. The number of nitrogens with one attached hydrogen (secondary N) is 2. The molecule has 2 fully saturated rings. The number of aliphatic hydroxyl groups excluding tert-OH is 2. The van der Waals surface area contributed by atoms with Crippen molar-refractivity contribution in [3.63, 3.8) is 0 Å². The van der Waals surface area contributed by atoms with E-state index in [0.29, 0.717) is 0 Å². The molecular formula is C10H18N4O2. The molecule has 0 aromatic heterocycles. The largest absolute Gasteiger partial charge is 0.512 e. The first-order chi connectivity index (χ1) is 7.85. The molecule has 16 heavy (non-hydrogen) atoms. The molecule has 0 bridgehead atoms. The van der Waals surface area contributed by atoms with Crippen LogP contribution in [0.15, 0.2) is 24.2 Å². The van der Waals surface area contributed by atoms with E-state index >= 15 is 0 Å². The highest BCUT2D eigenvalue weighted by molar-refractivity contribution is 5.03. The number of hydrogen-bond donors (Lipinski definition) is 4. The summed E-state index contributed by atoms with van der Waals surface area (Å²) < 4.78 is 0. The Morgan fingerprint density at radius 2 is 1.38 bits per heavy atom. The SMILES string of the molecule is OC=C1NCCN1CCN1CCNC1=CO. The van der Waals surface area contributed by atoms with Crippen molar-refractivity contribution in [3.05, 3.63) is 24.2 Å². The molecule has 2 saturated heterocycles. The predicted molar refractivity (Wildman–Crippen MR) is 60.6 cm³/mol. The number of hydrogen-bond acceptors (Lipinski definition) is 6. The molecule has 0 aromatic rings. The molecule has 6 heteroatoms. The first-order valence-electron chi connectivity index (χ1n) is 5.51. The molecule has 0 atom stereocenters. The highest BCUT2D eigenvalue weighted by Crippen LogP contribution is 2.09. The van der Waals surface area contributed by atoms with Gasteiger partial charge in [0.25, 0.3) is 0 Å². The average molecular weight is 226 g/mol.